The summed E-state index contributed by atoms with van der Waals surface area (Å²) in [7, 11) is 0. The summed E-state index contributed by atoms with van der Waals surface area (Å²) < 4.78 is 6.03. The molecule has 0 aromatic rings. The van der Waals surface area contributed by atoms with Crippen molar-refractivity contribution in [3.8, 4) is 0 Å². The molecule has 0 aromatic carbocycles. The summed E-state index contributed by atoms with van der Waals surface area (Å²) in [5.41, 5.74) is 4.90. The van der Waals surface area contributed by atoms with E-state index >= 15 is 0 Å². The van der Waals surface area contributed by atoms with Gasteiger partial charge >= 0.3 is 6.09 Å². The van der Waals surface area contributed by atoms with Crippen molar-refractivity contribution in [3.05, 3.63) is 0 Å². The van der Waals surface area contributed by atoms with Gasteiger partial charge in [-0.2, -0.15) is 0 Å². The zero-order valence-electron chi connectivity index (χ0n) is 6.25. The fourth-order valence-electron chi connectivity index (χ4n) is 1.44. The van der Waals surface area contributed by atoms with Gasteiger partial charge in [-0.25, -0.2) is 4.79 Å². The number of alkyl halides is 1. The van der Waals surface area contributed by atoms with Crippen molar-refractivity contribution in [2.24, 2.45) is 11.7 Å². The zero-order valence-corrected chi connectivity index (χ0v) is 8.41. The van der Waals surface area contributed by atoms with Gasteiger partial charge in [-0.05, 0) is 25.2 Å². The van der Waals surface area contributed by atoms with Gasteiger partial charge in [0.05, 0.1) is 0 Å². The highest BCUT2D eigenvalue weighted by atomic mass is 127. The first kappa shape index (κ1) is 9.09. The molecular formula is C7H12INO2. The van der Waals surface area contributed by atoms with Crippen molar-refractivity contribution in [1.82, 2.24) is 0 Å². The quantitative estimate of drug-likeness (QED) is 0.612. The lowest BCUT2D eigenvalue weighted by molar-refractivity contribution is 0.108. The predicted octanol–water partition coefficient (Wildman–Crippen LogP) is 1.69. The fourth-order valence-corrected chi connectivity index (χ4v) is 2.24. The molecule has 0 aliphatic heterocycles. The van der Waals surface area contributed by atoms with E-state index < -0.39 is 6.09 Å². The van der Waals surface area contributed by atoms with Crippen LogP contribution >= 0.6 is 22.6 Å². The molecule has 2 unspecified atom stereocenters. The minimum atomic E-state index is -0.635. The maximum atomic E-state index is 10.3. The third kappa shape index (κ3) is 2.84. The predicted molar refractivity (Wildman–Crippen MR) is 50.7 cm³/mol. The highest BCUT2D eigenvalue weighted by Gasteiger charge is 2.25. The third-order valence-corrected chi connectivity index (χ3v) is 3.24. The summed E-state index contributed by atoms with van der Waals surface area (Å²) in [6.07, 6.45) is 2.60. The van der Waals surface area contributed by atoms with E-state index in [1.165, 1.54) is 6.42 Å². The molecule has 0 saturated heterocycles. The number of primary amides is 1. The Balaban J connectivity index is 2.24. The maximum Gasteiger partial charge on any atom is 0.404 e. The molecule has 0 spiro atoms. The van der Waals surface area contributed by atoms with Crippen molar-refractivity contribution in [1.29, 1.82) is 0 Å². The standard InChI is InChI=1S/C7H12INO2/c8-4-5-1-2-6(3-5)11-7(9)10/h5-6H,1-4H2,(H2,9,10). The summed E-state index contributed by atoms with van der Waals surface area (Å²) in [5, 5.41) is 0. The molecule has 11 heavy (non-hydrogen) atoms. The summed E-state index contributed by atoms with van der Waals surface area (Å²) in [6.45, 7) is 0. The SMILES string of the molecule is NC(=O)OC1CCC(CI)C1. The first-order chi connectivity index (χ1) is 5.22. The van der Waals surface area contributed by atoms with E-state index in [1.807, 2.05) is 0 Å². The fraction of sp³-hybridized carbons (Fsp3) is 0.857. The Morgan fingerprint density at radius 3 is 2.82 bits per heavy atom. The molecule has 1 amide bonds. The number of carbonyl (C=O) groups is 1. The molecule has 3 nitrogen and oxygen atoms in total. The van der Waals surface area contributed by atoms with Crippen LogP contribution in [-0.4, -0.2) is 16.6 Å². The van der Waals surface area contributed by atoms with Crippen molar-refractivity contribution in [2.75, 3.05) is 4.43 Å². The molecule has 1 saturated carbocycles. The van der Waals surface area contributed by atoms with Crippen LogP contribution in [0.15, 0.2) is 0 Å². The monoisotopic (exact) mass is 269 g/mol. The topological polar surface area (TPSA) is 52.3 Å². The van der Waals surface area contributed by atoms with Gasteiger partial charge in [0.2, 0.25) is 0 Å². The molecule has 1 aliphatic carbocycles. The molecule has 0 heterocycles. The van der Waals surface area contributed by atoms with Crippen LogP contribution in [0.4, 0.5) is 4.79 Å². The molecular weight excluding hydrogens is 257 g/mol. The highest BCUT2D eigenvalue weighted by molar-refractivity contribution is 14.1. The van der Waals surface area contributed by atoms with Gasteiger partial charge in [0.25, 0.3) is 0 Å². The number of amides is 1. The van der Waals surface area contributed by atoms with Crippen molar-refractivity contribution in [2.45, 2.75) is 25.4 Å². The molecule has 2 N–H and O–H groups in total. The Kier molecular flexibility index (Phi) is 3.42. The van der Waals surface area contributed by atoms with Crippen LogP contribution in [0.5, 0.6) is 0 Å². The molecule has 1 aliphatic rings. The number of ether oxygens (including phenoxy) is 1. The second-order valence-electron chi connectivity index (χ2n) is 2.89. The molecule has 2 atom stereocenters. The van der Waals surface area contributed by atoms with Gasteiger partial charge in [-0.3, -0.25) is 0 Å². The first-order valence-electron chi connectivity index (χ1n) is 3.74. The number of hydrogen-bond donors (Lipinski definition) is 1. The number of nitrogens with two attached hydrogens (primary N) is 1. The summed E-state index contributed by atoms with van der Waals surface area (Å²) >= 11 is 2.36. The van der Waals surface area contributed by atoms with Crippen LogP contribution in [0.25, 0.3) is 0 Å². The van der Waals surface area contributed by atoms with E-state index in [0.29, 0.717) is 0 Å². The van der Waals surface area contributed by atoms with Crippen LogP contribution in [0.1, 0.15) is 19.3 Å². The molecule has 0 bridgehead atoms. The molecule has 4 heteroatoms. The van der Waals surface area contributed by atoms with E-state index in [0.717, 1.165) is 23.2 Å². The van der Waals surface area contributed by atoms with Crippen LogP contribution in [0.2, 0.25) is 0 Å². The average molecular weight is 269 g/mol. The van der Waals surface area contributed by atoms with Crippen molar-refractivity contribution < 1.29 is 9.53 Å². The van der Waals surface area contributed by atoms with Crippen molar-refractivity contribution in [3.63, 3.8) is 0 Å². The summed E-state index contributed by atoms with van der Waals surface area (Å²) in [4.78, 5) is 10.3. The second kappa shape index (κ2) is 4.13. The lowest BCUT2D eigenvalue weighted by atomic mass is 10.1. The first-order valence-corrected chi connectivity index (χ1v) is 5.27. The summed E-state index contributed by atoms with van der Waals surface area (Å²) in [5.74, 6) is 0.722. The number of rotatable bonds is 2. The Morgan fingerprint density at radius 1 is 1.64 bits per heavy atom. The molecule has 1 fully saturated rings. The molecule has 1 rings (SSSR count). The van der Waals surface area contributed by atoms with Crippen LogP contribution in [0.3, 0.4) is 0 Å². The molecule has 0 radical (unpaired) electrons. The minimum Gasteiger partial charge on any atom is -0.446 e. The Hall–Kier alpha value is 0. The van der Waals surface area contributed by atoms with Crippen LogP contribution < -0.4 is 5.73 Å². The van der Waals surface area contributed by atoms with E-state index in [4.69, 9.17) is 10.5 Å². The van der Waals surface area contributed by atoms with Gasteiger partial charge in [-0.1, -0.05) is 22.6 Å². The van der Waals surface area contributed by atoms with Gasteiger partial charge in [-0.15, -0.1) is 0 Å². The average Bonchev–Trinajstić information content (AvgIpc) is 2.34. The maximum absolute atomic E-state index is 10.3. The number of hydrogen-bond acceptors (Lipinski definition) is 2. The molecule has 0 aromatic heterocycles. The number of halogens is 1. The van der Waals surface area contributed by atoms with E-state index in [9.17, 15) is 4.79 Å². The van der Waals surface area contributed by atoms with Gasteiger partial charge in [0.1, 0.15) is 6.10 Å². The van der Waals surface area contributed by atoms with E-state index in [2.05, 4.69) is 22.6 Å². The van der Waals surface area contributed by atoms with E-state index in [-0.39, 0.29) is 6.10 Å². The summed E-state index contributed by atoms with van der Waals surface area (Å²) in [6, 6.07) is 0. The Labute approximate surface area is 79.8 Å². The number of carbonyl (C=O) groups excluding carboxylic acids is 1. The van der Waals surface area contributed by atoms with Crippen LogP contribution in [-0.2, 0) is 4.74 Å². The van der Waals surface area contributed by atoms with Crippen LogP contribution in [0, 0.1) is 5.92 Å². The zero-order chi connectivity index (χ0) is 8.27. The Bertz CT molecular complexity index is 151. The smallest absolute Gasteiger partial charge is 0.404 e. The largest absolute Gasteiger partial charge is 0.446 e. The Morgan fingerprint density at radius 2 is 2.36 bits per heavy atom. The minimum absolute atomic E-state index is 0.0901. The highest BCUT2D eigenvalue weighted by Crippen LogP contribution is 2.28. The van der Waals surface area contributed by atoms with Gasteiger partial charge < -0.3 is 10.5 Å². The van der Waals surface area contributed by atoms with Gasteiger partial charge in [0.15, 0.2) is 0 Å². The van der Waals surface area contributed by atoms with Gasteiger partial charge in [0, 0.05) is 4.43 Å². The second-order valence-corrected chi connectivity index (χ2v) is 3.77. The van der Waals surface area contributed by atoms with Crippen molar-refractivity contribution >= 4 is 28.7 Å². The lowest BCUT2D eigenvalue weighted by Gasteiger charge is -2.08. The van der Waals surface area contributed by atoms with E-state index in [1.54, 1.807) is 0 Å². The molecule has 64 valence electrons. The third-order valence-electron chi connectivity index (χ3n) is 1.99. The normalized spacial score (nSPS) is 30.3. The lowest BCUT2D eigenvalue weighted by Crippen LogP contribution is -2.20.